The van der Waals surface area contributed by atoms with Gasteiger partial charge in [0.25, 0.3) is 5.24 Å². The molecule has 0 aliphatic rings. The molecule has 0 unspecified atom stereocenters. The second kappa shape index (κ2) is 5.44. The Morgan fingerprint density at radius 2 is 1.85 bits per heavy atom. The van der Waals surface area contributed by atoms with Gasteiger partial charge in [-0.25, -0.2) is 4.98 Å². The summed E-state index contributed by atoms with van der Waals surface area (Å²) in [6.07, 6.45) is -10.1. The quantitative estimate of drug-likeness (QED) is 0.686. The maximum atomic E-state index is 12.6. The first kappa shape index (κ1) is 16.5. The van der Waals surface area contributed by atoms with Crippen LogP contribution in [-0.2, 0) is 12.7 Å². The van der Waals surface area contributed by atoms with E-state index in [1.165, 1.54) is 0 Å². The molecule has 0 aliphatic carbocycles. The number of carbonyl (C=O) groups is 1. The maximum Gasteiger partial charge on any atom is 0.573 e. The van der Waals surface area contributed by atoms with E-state index in [4.69, 9.17) is 17.3 Å². The van der Waals surface area contributed by atoms with Crippen molar-refractivity contribution in [2.24, 2.45) is 5.73 Å². The Morgan fingerprint density at radius 3 is 2.20 bits per heavy atom. The molecule has 1 rings (SSSR count). The molecule has 1 aromatic heterocycles. The normalized spacial score (nSPS) is 12.4. The van der Waals surface area contributed by atoms with Gasteiger partial charge < -0.3 is 10.5 Å². The Balaban J connectivity index is 3.54. The van der Waals surface area contributed by atoms with E-state index >= 15 is 0 Å². The number of hydrogen-bond acceptors (Lipinski definition) is 4. The van der Waals surface area contributed by atoms with E-state index < -0.39 is 46.9 Å². The molecule has 0 bridgehead atoms. The van der Waals surface area contributed by atoms with Gasteiger partial charge in [-0.3, -0.25) is 4.79 Å². The van der Waals surface area contributed by atoms with Crippen LogP contribution in [0.5, 0.6) is 5.75 Å². The first-order valence-corrected chi connectivity index (χ1v) is 5.10. The molecule has 0 radical (unpaired) electrons. The van der Waals surface area contributed by atoms with Gasteiger partial charge in [0.05, 0.1) is 11.8 Å². The minimum Gasteiger partial charge on any atom is -0.404 e. The number of rotatable bonds is 3. The van der Waals surface area contributed by atoms with Gasteiger partial charge in [-0.05, 0) is 11.6 Å². The van der Waals surface area contributed by atoms with Crippen molar-refractivity contribution in [1.82, 2.24) is 4.98 Å². The number of carbonyl (C=O) groups excluding carboxylic acids is 1. The van der Waals surface area contributed by atoms with Crippen LogP contribution in [0, 0.1) is 0 Å². The lowest BCUT2D eigenvalue weighted by atomic mass is 10.1. The summed E-state index contributed by atoms with van der Waals surface area (Å²) >= 11 is 4.97. The summed E-state index contributed by atoms with van der Waals surface area (Å²) in [5.41, 5.74) is 1.25. The van der Waals surface area contributed by atoms with Crippen molar-refractivity contribution in [3.8, 4) is 5.75 Å². The molecular weight excluding hydrogens is 318 g/mol. The smallest absolute Gasteiger partial charge is 0.404 e. The summed E-state index contributed by atoms with van der Waals surface area (Å²) in [5, 5.41) is -1.64. The summed E-state index contributed by atoms with van der Waals surface area (Å²) in [7, 11) is 0. The number of pyridine rings is 1. The third kappa shape index (κ3) is 3.73. The number of alkyl halides is 6. The molecule has 1 aromatic rings. The molecule has 112 valence electrons. The Hall–Kier alpha value is -1.55. The summed E-state index contributed by atoms with van der Waals surface area (Å²) in [4.78, 5) is 13.8. The van der Waals surface area contributed by atoms with E-state index in [0.717, 1.165) is 0 Å². The van der Waals surface area contributed by atoms with E-state index in [2.05, 4.69) is 9.72 Å². The van der Waals surface area contributed by atoms with Crippen LogP contribution in [-0.4, -0.2) is 16.6 Å². The number of ether oxygens (including phenoxy) is 1. The number of hydrogen-bond donors (Lipinski definition) is 1. The van der Waals surface area contributed by atoms with E-state index in [1.807, 2.05) is 0 Å². The summed E-state index contributed by atoms with van der Waals surface area (Å²) in [5.74, 6) is -1.11. The Morgan fingerprint density at radius 1 is 1.30 bits per heavy atom. The van der Waals surface area contributed by atoms with Crippen molar-refractivity contribution in [3.63, 3.8) is 0 Å². The Labute approximate surface area is 112 Å². The van der Waals surface area contributed by atoms with Crippen LogP contribution >= 0.6 is 11.6 Å². The van der Waals surface area contributed by atoms with Gasteiger partial charge >= 0.3 is 12.5 Å². The van der Waals surface area contributed by atoms with Gasteiger partial charge in [0, 0.05) is 12.1 Å². The Bertz CT molecular complexity index is 528. The fourth-order valence-corrected chi connectivity index (χ4v) is 1.58. The molecule has 20 heavy (non-hydrogen) atoms. The molecule has 2 N–H and O–H groups in total. The van der Waals surface area contributed by atoms with Gasteiger partial charge in [-0.1, -0.05) is 0 Å². The van der Waals surface area contributed by atoms with Crippen molar-refractivity contribution in [1.29, 1.82) is 0 Å². The molecule has 0 saturated heterocycles. The zero-order valence-electron chi connectivity index (χ0n) is 9.27. The minimum atomic E-state index is -5.18. The van der Waals surface area contributed by atoms with Crippen molar-refractivity contribution in [3.05, 3.63) is 23.0 Å². The number of nitrogens with zero attached hydrogens (tertiary/aromatic N) is 1. The van der Waals surface area contributed by atoms with Crippen molar-refractivity contribution in [2.45, 2.75) is 19.1 Å². The van der Waals surface area contributed by atoms with Gasteiger partial charge in [0.1, 0.15) is 0 Å². The third-order valence-electron chi connectivity index (χ3n) is 2.04. The molecule has 0 fully saturated rings. The van der Waals surface area contributed by atoms with Crippen LogP contribution in [0.1, 0.15) is 21.6 Å². The van der Waals surface area contributed by atoms with Crippen molar-refractivity contribution in [2.75, 3.05) is 0 Å². The second-order valence-corrected chi connectivity index (χ2v) is 3.69. The van der Waals surface area contributed by atoms with E-state index in [0.29, 0.717) is 0 Å². The molecule has 0 spiro atoms. The molecule has 0 amide bonds. The topological polar surface area (TPSA) is 65.2 Å². The fourth-order valence-electron chi connectivity index (χ4n) is 1.37. The zero-order chi connectivity index (χ0) is 15.7. The molecule has 0 aliphatic heterocycles. The van der Waals surface area contributed by atoms with Crippen LogP contribution in [0.25, 0.3) is 0 Å². The average molecular weight is 323 g/mol. The predicted molar refractivity (Wildman–Crippen MR) is 54.0 cm³/mol. The SMILES string of the molecule is NCc1c(OC(F)(F)F)cnc(C(F)(F)F)c1C(=O)Cl. The van der Waals surface area contributed by atoms with Gasteiger partial charge in [-0.2, -0.15) is 13.2 Å². The van der Waals surface area contributed by atoms with E-state index in [1.54, 1.807) is 0 Å². The molecular formula is C9H5ClF6N2O2. The molecule has 0 aromatic carbocycles. The zero-order valence-corrected chi connectivity index (χ0v) is 10.0. The lowest BCUT2D eigenvalue weighted by Crippen LogP contribution is -2.22. The monoisotopic (exact) mass is 322 g/mol. The molecule has 1 heterocycles. The fraction of sp³-hybridized carbons (Fsp3) is 0.333. The van der Waals surface area contributed by atoms with Gasteiger partial charge in [-0.15, -0.1) is 13.2 Å². The maximum absolute atomic E-state index is 12.6. The summed E-state index contributed by atoms with van der Waals surface area (Å²) < 4.78 is 77.6. The first-order chi connectivity index (χ1) is 8.97. The lowest BCUT2D eigenvalue weighted by molar-refractivity contribution is -0.275. The van der Waals surface area contributed by atoms with Crippen molar-refractivity contribution < 1.29 is 35.9 Å². The highest BCUT2D eigenvalue weighted by Crippen LogP contribution is 2.36. The highest BCUT2D eigenvalue weighted by Gasteiger charge is 2.40. The van der Waals surface area contributed by atoms with Crippen LogP contribution < -0.4 is 10.5 Å². The summed E-state index contributed by atoms with van der Waals surface area (Å²) in [6.45, 7) is -0.829. The van der Waals surface area contributed by atoms with Gasteiger partial charge in [0.15, 0.2) is 11.4 Å². The number of nitrogens with two attached hydrogens (primary N) is 1. The van der Waals surface area contributed by atoms with Crippen LogP contribution in [0.15, 0.2) is 6.20 Å². The first-order valence-electron chi connectivity index (χ1n) is 4.72. The molecule has 4 nitrogen and oxygen atoms in total. The Kier molecular flexibility index (Phi) is 4.49. The standard InChI is InChI=1S/C9H5ClF6N2O2/c10-7(19)5-3(1-17)4(20-9(14,15)16)2-18-6(5)8(11,12)13/h2H,1,17H2. The van der Waals surface area contributed by atoms with Crippen molar-refractivity contribution >= 4 is 16.8 Å². The molecule has 11 heteroatoms. The number of halogens is 7. The highest BCUT2D eigenvalue weighted by molar-refractivity contribution is 6.68. The van der Waals surface area contributed by atoms with E-state index in [-0.39, 0.29) is 6.20 Å². The van der Waals surface area contributed by atoms with Crippen LogP contribution in [0.4, 0.5) is 26.3 Å². The minimum absolute atomic E-state index is 0.182. The molecule has 0 atom stereocenters. The number of aromatic nitrogens is 1. The lowest BCUT2D eigenvalue weighted by Gasteiger charge is -2.17. The predicted octanol–water partition coefficient (Wildman–Crippen LogP) is 2.84. The van der Waals surface area contributed by atoms with E-state index in [9.17, 15) is 31.1 Å². The summed E-state index contributed by atoms with van der Waals surface area (Å²) in [6, 6.07) is 0. The second-order valence-electron chi connectivity index (χ2n) is 3.35. The van der Waals surface area contributed by atoms with Gasteiger partial charge in [0.2, 0.25) is 0 Å². The average Bonchev–Trinajstić information content (AvgIpc) is 2.24. The largest absolute Gasteiger partial charge is 0.573 e. The van der Waals surface area contributed by atoms with Crippen LogP contribution in [0.2, 0.25) is 0 Å². The molecule has 0 saturated carbocycles. The highest BCUT2D eigenvalue weighted by atomic mass is 35.5. The van der Waals surface area contributed by atoms with Crippen LogP contribution in [0.3, 0.4) is 0 Å². The third-order valence-corrected chi connectivity index (χ3v) is 2.23.